The van der Waals surface area contributed by atoms with Crippen LogP contribution in [-0.4, -0.2) is 53.0 Å². The fraction of sp³-hybridized carbons (Fsp3) is 0.409. The third-order valence-electron chi connectivity index (χ3n) is 4.21. The smallest absolute Gasteiger partial charge is 0.191 e. The van der Waals surface area contributed by atoms with Gasteiger partial charge in [0.1, 0.15) is 17.6 Å². The van der Waals surface area contributed by atoms with Crippen molar-refractivity contribution in [1.82, 2.24) is 10.6 Å². The van der Waals surface area contributed by atoms with Crippen molar-refractivity contribution in [3.8, 4) is 11.5 Å². The molecule has 0 radical (unpaired) electrons. The Hall–Kier alpha value is -2.74. The number of nitrogens with zero attached hydrogens (tertiary/aromatic N) is 1. The van der Waals surface area contributed by atoms with Gasteiger partial charge in [0, 0.05) is 19.2 Å². The summed E-state index contributed by atoms with van der Waals surface area (Å²) >= 11 is 0. The molecule has 30 heavy (non-hydrogen) atoms. The van der Waals surface area contributed by atoms with Crippen LogP contribution in [0.25, 0.3) is 0 Å². The van der Waals surface area contributed by atoms with Gasteiger partial charge < -0.3 is 20.1 Å². The van der Waals surface area contributed by atoms with E-state index in [1.807, 2.05) is 38.1 Å². The summed E-state index contributed by atoms with van der Waals surface area (Å²) in [5, 5.41) is 6.34. The Morgan fingerprint density at radius 2 is 1.80 bits per heavy atom. The van der Waals surface area contributed by atoms with Crippen molar-refractivity contribution < 1.29 is 17.9 Å². The summed E-state index contributed by atoms with van der Waals surface area (Å²) in [5.74, 6) is 2.18. The molecule has 0 saturated carbocycles. The molecule has 2 aromatic rings. The fourth-order valence-electron chi connectivity index (χ4n) is 2.72. The number of ether oxygens (including phenoxy) is 2. The number of benzene rings is 2. The van der Waals surface area contributed by atoms with E-state index < -0.39 is 9.84 Å². The molecule has 0 aliphatic rings. The normalized spacial score (nSPS) is 12.8. The highest BCUT2D eigenvalue weighted by molar-refractivity contribution is 7.91. The first-order valence-electron chi connectivity index (χ1n) is 10.1. The van der Waals surface area contributed by atoms with Gasteiger partial charge in [-0.15, -0.1) is 0 Å². The fourth-order valence-corrected chi connectivity index (χ4v) is 4.05. The van der Waals surface area contributed by atoms with Crippen molar-refractivity contribution >= 4 is 15.8 Å². The first-order chi connectivity index (χ1) is 14.4. The number of aliphatic imine (C=N–C) groups is 1. The van der Waals surface area contributed by atoms with E-state index in [0.29, 0.717) is 36.9 Å². The van der Waals surface area contributed by atoms with E-state index in [1.165, 1.54) is 0 Å². The Kier molecular flexibility index (Phi) is 9.47. The van der Waals surface area contributed by atoms with Gasteiger partial charge in [0.05, 0.1) is 24.3 Å². The molecule has 0 amide bonds. The molecule has 0 fully saturated rings. The molecule has 0 spiro atoms. The molecule has 2 N–H and O–H groups in total. The van der Waals surface area contributed by atoms with Crippen LogP contribution >= 0.6 is 0 Å². The van der Waals surface area contributed by atoms with E-state index >= 15 is 0 Å². The van der Waals surface area contributed by atoms with Gasteiger partial charge in [0.2, 0.25) is 0 Å². The predicted molar refractivity (Wildman–Crippen MR) is 120 cm³/mol. The van der Waals surface area contributed by atoms with Crippen LogP contribution in [0, 0.1) is 0 Å². The maximum atomic E-state index is 12.3. The highest BCUT2D eigenvalue weighted by Crippen LogP contribution is 2.20. The van der Waals surface area contributed by atoms with Crippen LogP contribution < -0.4 is 20.1 Å². The van der Waals surface area contributed by atoms with E-state index in [9.17, 15) is 8.42 Å². The highest BCUT2D eigenvalue weighted by atomic mass is 32.2. The van der Waals surface area contributed by atoms with Gasteiger partial charge in [-0.3, -0.25) is 0 Å². The first-order valence-corrected chi connectivity index (χ1v) is 11.7. The number of nitrogens with one attached hydrogen (secondary N) is 2. The third-order valence-corrected chi connectivity index (χ3v) is 6.03. The zero-order chi connectivity index (χ0) is 21.8. The van der Waals surface area contributed by atoms with Crippen LogP contribution in [0.1, 0.15) is 20.3 Å². The second-order valence-electron chi connectivity index (χ2n) is 6.74. The molecule has 7 nitrogen and oxygen atoms in total. The Morgan fingerprint density at radius 1 is 1.07 bits per heavy atom. The SMILES string of the molecule is CCNC(=NCC(C)Oc1cccc(OC)c1)NCCCS(=O)(=O)c1ccccc1. The minimum Gasteiger partial charge on any atom is -0.497 e. The van der Waals surface area contributed by atoms with E-state index in [-0.39, 0.29) is 11.9 Å². The minimum atomic E-state index is -3.27. The summed E-state index contributed by atoms with van der Waals surface area (Å²) < 4.78 is 35.8. The molecule has 164 valence electrons. The molecule has 2 aromatic carbocycles. The van der Waals surface area contributed by atoms with Crippen LogP contribution in [0.2, 0.25) is 0 Å². The molecule has 0 aromatic heterocycles. The molecular formula is C22H31N3O4S. The number of sulfone groups is 1. The van der Waals surface area contributed by atoms with Gasteiger partial charge in [-0.2, -0.15) is 0 Å². The van der Waals surface area contributed by atoms with Crippen molar-refractivity contribution in [2.75, 3.05) is 32.5 Å². The van der Waals surface area contributed by atoms with Crippen molar-refractivity contribution in [3.63, 3.8) is 0 Å². The molecule has 8 heteroatoms. The Morgan fingerprint density at radius 3 is 2.50 bits per heavy atom. The zero-order valence-electron chi connectivity index (χ0n) is 17.8. The second-order valence-corrected chi connectivity index (χ2v) is 8.85. The summed E-state index contributed by atoms with van der Waals surface area (Å²) in [6, 6.07) is 16.0. The van der Waals surface area contributed by atoms with Crippen LogP contribution in [0.4, 0.5) is 0 Å². The highest BCUT2D eigenvalue weighted by Gasteiger charge is 2.13. The standard InChI is InChI=1S/C22H31N3O4S/c1-4-23-22(24-14-9-15-30(26,27)21-12-6-5-7-13-21)25-17-18(2)29-20-11-8-10-19(16-20)28-3/h5-8,10-13,16,18H,4,9,14-15,17H2,1-3H3,(H2,23,24,25). The largest absolute Gasteiger partial charge is 0.497 e. The molecule has 1 unspecified atom stereocenters. The van der Waals surface area contributed by atoms with Crippen molar-refractivity contribution in [2.24, 2.45) is 4.99 Å². The van der Waals surface area contributed by atoms with E-state index in [2.05, 4.69) is 15.6 Å². The van der Waals surface area contributed by atoms with E-state index in [0.717, 1.165) is 11.5 Å². The van der Waals surface area contributed by atoms with Crippen LogP contribution in [0.3, 0.4) is 0 Å². The first kappa shape index (κ1) is 23.5. The summed E-state index contributed by atoms with van der Waals surface area (Å²) in [4.78, 5) is 4.89. The van der Waals surface area contributed by atoms with E-state index in [1.54, 1.807) is 37.4 Å². The number of hydrogen-bond donors (Lipinski definition) is 2. The summed E-state index contributed by atoms with van der Waals surface area (Å²) in [6.45, 7) is 5.59. The van der Waals surface area contributed by atoms with Gasteiger partial charge in [0.25, 0.3) is 0 Å². The molecule has 0 bridgehead atoms. The van der Waals surface area contributed by atoms with Crippen molar-refractivity contribution in [2.45, 2.75) is 31.3 Å². The predicted octanol–water partition coefficient (Wildman–Crippen LogP) is 2.88. The number of guanidine groups is 1. The summed E-state index contributed by atoms with van der Waals surface area (Å²) in [5.41, 5.74) is 0. The maximum Gasteiger partial charge on any atom is 0.191 e. The monoisotopic (exact) mass is 433 g/mol. The maximum absolute atomic E-state index is 12.3. The lowest BCUT2D eigenvalue weighted by atomic mass is 10.3. The molecule has 2 rings (SSSR count). The molecule has 0 heterocycles. The second kappa shape index (κ2) is 12.1. The quantitative estimate of drug-likeness (QED) is 0.322. The lowest BCUT2D eigenvalue weighted by Gasteiger charge is -2.15. The summed E-state index contributed by atoms with van der Waals surface area (Å²) in [7, 11) is -1.65. The Balaban J connectivity index is 1.82. The molecule has 1 atom stereocenters. The van der Waals surface area contributed by atoms with Gasteiger partial charge >= 0.3 is 0 Å². The lowest BCUT2D eigenvalue weighted by molar-refractivity contribution is 0.229. The molecular weight excluding hydrogens is 402 g/mol. The van der Waals surface area contributed by atoms with Gasteiger partial charge in [-0.25, -0.2) is 13.4 Å². The average molecular weight is 434 g/mol. The lowest BCUT2D eigenvalue weighted by Crippen LogP contribution is -2.39. The van der Waals surface area contributed by atoms with Gasteiger partial charge in [0.15, 0.2) is 15.8 Å². The zero-order valence-corrected chi connectivity index (χ0v) is 18.6. The Labute approximate surface area is 179 Å². The molecule has 0 aliphatic heterocycles. The average Bonchev–Trinajstić information content (AvgIpc) is 2.75. The van der Waals surface area contributed by atoms with Crippen molar-refractivity contribution in [3.05, 3.63) is 54.6 Å². The number of hydrogen-bond acceptors (Lipinski definition) is 5. The topological polar surface area (TPSA) is 89.0 Å². The Bertz CT molecular complexity index is 902. The molecule has 0 saturated heterocycles. The number of rotatable bonds is 11. The molecule has 0 aliphatic carbocycles. The van der Waals surface area contributed by atoms with Crippen molar-refractivity contribution in [1.29, 1.82) is 0 Å². The third kappa shape index (κ3) is 7.94. The van der Waals surface area contributed by atoms with Crippen LogP contribution in [0.15, 0.2) is 64.5 Å². The van der Waals surface area contributed by atoms with Crippen LogP contribution in [-0.2, 0) is 9.84 Å². The minimum absolute atomic E-state index is 0.0821. The summed E-state index contributed by atoms with van der Waals surface area (Å²) in [6.07, 6.45) is 0.350. The van der Waals surface area contributed by atoms with E-state index in [4.69, 9.17) is 9.47 Å². The van der Waals surface area contributed by atoms with Gasteiger partial charge in [-0.1, -0.05) is 24.3 Å². The van der Waals surface area contributed by atoms with Crippen LogP contribution in [0.5, 0.6) is 11.5 Å². The number of methoxy groups -OCH3 is 1. The van der Waals surface area contributed by atoms with Gasteiger partial charge in [-0.05, 0) is 44.5 Å².